The molecule has 72 valence electrons. The fourth-order valence-corrected chi connectivity index (χ4v) is 1.64. The number of benzene rings is 1. The van der Waals surface area contributed by atoms with Crippen LogP contribution in [0, 0.1) is 0 Å². The predicted molar refractivity (Wildman–Crippen MR) is 58.8 cm³/mol. The van der Waals surface area contributed by atoms with Gasteiger partial charge in [0.15, 0.2) is 0 Å². The molecule has 1 aromatic rings. The number of halogens is 1. The van der Waals surface area contributed by atoms with E-state index in [9.17, 15) is 0 Å². The summed E-state index contributed by atoms with van der Waals surface area (Å²) in [5.74, 6) is 0.742. The van der Waals surface area contributed by atoms with E-state index >= 15 is 0 Å². The number of methoxy groups -OCH3 is 1. The van der Waals surface area contributed by atoms with E-state index < -0.39 is 0 Å². The van der Waals surface area contributed by atoms with Crippen LogP contribution in [0.5, 0.6) is 5.75 Å². The Morgan fingerprint density at radius 3 is 2.77 bits per heavy atom. The van der Waals surface area contributed by atoms with Crippen molar-refractivity contribution < 1.29 is 4.74 Å². The summed E-state index contributed by atoms with van der Waals surface area (Å²) >= 11 is 10.3. The first-order chi connectivity index (χ1) is 6.19. The van der Waals surface area contributed by atoms with Crippen molar-refractivity contribution in [2.75, 3.05) is 13.7 Å². The fraction of sp³-hybridized carbons (Fsp3) is 0.333. The summed E-state index contributed by atoms with van der Waals surface area (Å²) in [6.07, 6.45) is 0. The van der Waals surface area contributed by atoms with Crippen molar-refractivity contribution in [3.63, 3.8) is 0 Å². The maximum Gasteiger partial charge on any atom is 0.120 e. The second-order valence-corrected chi connectivity index (χ2v) is 3.67. The van der Waals surface area contributed by atoms with Gasteiger partial charge >= 0.3 is 0 Å². The Bertz CT molecular complexity index is 293. The van der Waals surface area contributed by atoms with E-state index in [1.54, 1.807) is 13.2 Å². The van der Waals surface area contributed by atoms with Crippen molar-refractivity contribution in [2.45, 2.75) is 5.25 Å². The summed E-state index contributed by atoms with van der Waals surface area (Å²) in [6, 6.07) is 5.49. The zero-order valence-electron chi connectivity index (χ0n) is 7.33. The topological polar surface area (TPSA) is 35.2 Å². The highest BCUT2D eigenvalue weighted by molar-refractivity contribution is 7.80. The first-order valence-corrected chi connectivity index (χ1v) is 4.80. The second-order valence-electron chi connectivity index (χ2n) is 2.64. The van der Waals surface area contributed by atoms with E-state index in [0.29, 0.717) is 11.6 Å². The zero-order valence-corrected chi connectivity index (χ0v) is 8.98. The highest BCUT2D eigenvalue weighted by Gasteiger charge is 2.09. The van der Waals surface area contributed by atoms with Crippen LogP contribution >= 0.6 is 24.2 Å². The maximum atomic E-state index is 6.00. The summed E-state index contributed by atoms with van der Waals surface area (Å²) in [4.78, 5) is 0. The minimum atomic E-state index is -0.0154. The van der Waals surface area contributed by atoms with E-state index in [1.165, 1.54) is 0 Å². The molecule has 0 bridgehead atoms. The van der Waals surface area contributed by atoms with Gasteiger partial charge in [-0.25, -0.2) is 0 Å². The minimum Gasteiger partial charge on any atom is -0.497 e. The van der Waals surface area contributed by atoms with Gasteiger partial charge in [0.1, 0.15) is 5.75 Å². The lowest BCUT2D eigenvalue weighted by Gasteiger charge is -2.11. The molecular weight excluding hydrogens is 206 g/mol. The van der Waals surface area contributed by atoms with Gasteiger partial charge in [-0.15, -0.1) is 0 Å². The van der Waals surface area contributed by atoms with E-state index in [2.05, 4.69) is 12.6 Å². The molecule has 1 rings (SSSR count). The Morgan fingerprint density at radius 2 is 2.31 bits per heavy atom. The van der Waals surface area contributed by atoms with Crippen LogP contribution in [0.2, 0.25) is 5.02 Å². The quantitative estimate of drug-likeness (QED) is 0.762. The van der Waals surface area contributed by atoms with E-state index in [4.69, 9.17) is 22.1 Å². The van der Waals surface area contributed by atoms with Crippen LogP contribution in [0.4, 0.5) is 0 Å². The van der Waals surface area contributed by atoms with E-state index in [-0.39, 0.29) is 5.25 Å². The molecule has 0 radical (unpaired) electrons. The number of thiol groups is 1. The number of hydrogen-bond donors (Lipinski definition) is 2. The van der Waals surface area contributed by atoms with Gasteiger partial charge in [0, 0.05) is 16.8 Å². The predicted octanol–water partition coefficient (Wildman–Crippen LogP) is 2.28. The molecule has 0 heterocycles. The molecule has 2 N–H and O–H groups in total. The van der Waals surface area contributed by atoms with Crippen molar-refractivity contribution in [2.24, 2.45) is 5.73 Å². The fourth-order valence-electron chi connectivity index (χ4n) is 1.03. The average Bonchev–Trinajstić information content (AvgIpc) is 2.16. The third-order valence-electron chi connectivity index (χ3n) is 1.79. The Hall–Kier alpha value is -0.380. The van der Waals surface area contributed by atoms with Gasteiger partial charge < -0.3 is 10.5 Å². The van der Waals surface area contributed by atoms with Crippen molar-refractivity contribution in [1.82, 2.24) is 0 Å². The minimum absolute atomic E-state index is 0.0154. The second kappa shape index (κ2) is 4.74. The Kier molecular flexibility index (Phi) is 3.90. The lowest BCUT2D eigenvalue weighted by atomic mass is 10.1. The maximum absolute atomic E-state index is 6.00. The number of rotatable bonds is 3. The SMILES string of the molecule is COc1ccc(C(S)CN)c(Cl)c1. The van der Waals surface area contributed by atoms with Crippen molar-refractivity contribution in [3.05, 3.63) is 28.8 Å². The highest BCUT2D eigenvalue weighted by Crippen LogP contribution is 2.29. The van der Waals surface area contributed by atoms with Crippen LogP contribution in [-0.4, -0.2) is 13.7 Å². The molecule has 0 fully saturated rings. The zero-order chi connectivity index (χ0) is 9.84. The monoisotopic (exact) mass is 217 g/mol. The third-order valence-corrected chi connectivity index (χ3v) is 2.61. The molecule has 0 amide bonds. The summed E-state index contributed by atoms with van der Waals surface area (Å²) in [7, 11) is 1.60. The van der Waals surface area contributed by atoms with E-state index in [0.717, 1.165) is 11.3 Å². The van der Waals surface area contributed by atoms with Gasteiger partial charge in [-0.1, -0.05) is 17.7 Å². The molecule has 0 aromatic heterocycles. The Morgan fingerprint density at radius 1 is 1.62 bits per heavy atom. The molecule has 0 spiro atoms. The van der Waals surface area contributed by atoms with Crippen LogP contribution < -0.4 is 10.5 Å². The normalized spacial score (nSPS) is 12.6. The molecule has 0 aliphatic rings. The largest absolute Gasteiger partial charge is 0.497 e. The first-order valence-electron chi connectivity index (χ1n) is 3.90. The summed E-state index contributed by atoms with van der Waals surface area (Å²) < 4.78 is 5.02. The smallest absolute Gasteiger partial charge is 0.120 e. The first kappa shape index (κ1) is 10.7. The molecule has 13 heavy (non-hydrogen) atoms. The molecule has 4 heteroatoms. The summed E-state index contributed by atoms with van der Waals surface area (Å²) in [5.41, 5.74) is 6.42. The van der Waals surface area contributed by atoms with Crippen LogP contribution in [0.3, 0.4) is 0 Å². The van der Waals surface area contributed by atoms with Crippen LogP contribution in [-0.2, 0) is 0 Å². The molecule has 1 unspecified atom stereocenters. The summed E-state index contributed by atoms with van der Waals surface area (Å²) in [6.45, 7) is 0.467. The number of hydrogen-bond acceptors (Lipinski definition) is 3. The van der Waals surface area contributed by atoms with E-state index in [1.807, 2.05) is 12.1 Å². The van der Waals surface area contributed by atoms with Gasteiger partial charge in [-0.05, 0) is 17.7 Å². The lowest BCUT2D eigenvalue weighted by molar-refractivity contribution is 0.414. The molecule has 0 saturated heterocycles. The van der Waals surface area contributed by atoms with Gasteiger partial charge in [0.05, 0.1) is 7.11 Å². The molecule has 0 aliphatic heterocycles. The summed E-state index contributed by atoms with van der Waals surface area (Å²) in [5, 5.41) is 0.628. The van der Waals surface area contributed by atoms with Crippen molar-refractivity contribution in [3.8, 4) is 5.75 Å². The van der Waals surface area contributed by atoms with Crippen LogP contribution in [0.25, 0.3) is 0 Å². The third kappa shape index (κ3) is 2.53. The standard InChI is InChI=1S/C9H12ClNOS/c1-12-6-2-3-7(8(10)4-6)9(13)5-11/h2-4,9,13H,5,11H2,1H3. The number of ether oxygens (including phenoxy) is 1. The van der Waals surface area contributed by atoms with Crippen LogP contribution in [0.1, 0.15) is 10.8 Å². The molecule has 2 nitrogen and oxygen atoms in total. The Balaban J connectivity index is 2.98. The van der Waals surface area contributed by atoms with Crippen molar-refractivity contribution in [1.29, 1.82) is 0 Å². The van der Waals surface area contributed by atoms with Gasteiger partial charge in [0.25, 0.3) is 0 Å². The molecule has 0 saturated carbocycles. The molecule has 1 atom stereocenters. The Labute approximate surface area is 88.4 Å². The average molecular weight is 218 g/mol. The van der Waals surface area contributed by atoms with Gasteiger partial charge in [0.2, 0.25) is 0 Å². The molecular formula is C9H12ClNOS. The molecule has 1 aromatic carbocycles. The van der Waals surface area contributed by atoms with Gasteiger partial charge in [-0.2, -0.15) is 12.6 Å². The van der Waals surface area contributed by atoms with Gasteiger partial charge in [-0.3, -0.25) is 0 Å². The lowest BCUT2D eigenvalue weighted by Crippen LogP contribution is -2.07. The number of nitrogens with two attached hydrogens (primary N) is 1. The van der Waals surface area contributed by atoms with Crippen molar-refractivity contribution >= 4 is 24.2 Å². The highest BCUT2D eigenvalue weighted by atomic mass is 35.5. The van der Waals surface area contributed by atoms with Crippen LogP contribution in [0.15, 0.2) is 18.2 Å². The molecule has 0 aliphatic carbocycles.